The molecule has 3 heteroatoms. The van der Waals surface area contributed by atoms with Gasteiger partial charge >= 0.3 is 0 Å². The van der Waals surface area contributed by atoms with Crippen LogP contribution in [0.1, 0.15) is 46.0 Å². The van der Waals surface area contributed by atoms with Gasteiger partial charge in [0.2, 0.25) is 0 Å². The molecule has 0 amide bonds. The molecule has 0 saturated heterocycles. The molecular formula is C11H21NO2. The van der Waals surface area contributed by atoms with Gasteiger partial charge in [0, 0.05) is 18.8 Å². The predicted molar refractivity (Wildman–Crippen MR) is 57.0 cm³/mol. The number of rotatable bonds is 8. The Kier molecular flexibility index (Phi) is 7.30. The number of Topliss-reactive ketones (excluding diaryl/α,β-unsaturated/α-hetero) is 2. The van der Waals surface area contributed by atoms with Crippen LogP contribution in [0.5, 0.6) is 0 Å². The Bertz CT molecular complexity index is 190. The summed E-state index contributed by atoms with van der Waals surface area (Å²) in [5.74, 6) is 0.232. The molecule has 0 aromatic carbocycles. The third kappa shape index (κ3) is 5.86. The molecule has 0 aliphatic rings. The molecule has 0 radical (unpaired) electrons. The van der Waals surface area contributed by atoms with Crippen molar-refractivity contribution in [3.63, 3.8) is 0 Å². The fourth-order valence-electron chi connectivity index (χ4n) is 1.40. The first-order valence-electron chi connectivity index (χ1n) is 5.34. The summed E-state index contributed by atoms with van der Waals surface area (Å²) in [6, 6.07) is 0. The summed E-state index contributed by atoms with van der Waals surface area (Å²) in [5, 5.41) is 0. The van der Waals surface area contributed by atoms with Crippen LogP contribution in [-0.2, 0) is 9.59 Å². The van der Waals surface area contributed by atoms with Crippen LogP contribution in [-0.4, -0.2) is 18.1 Å². The topological polar surface area (TPSA) is 60.2 Å². The Morgan fingerprint density at radius 1 is 1.29 bits per heavy atom. The van der Waals surface area contributed by atoms with Gasteiger partial charge in [-0.1, -0.05) is 13.3 Å². The maximum Gasteiger partial charge on any atom is 0.133 e. The van der Waals surface area contributed by atoms with Gasteiger partial charge in [-0.15, -0.1) is 0 Å². The highest BCUT2D eigenvalue weighted by Crippen LogP contribution is 2.15. The predicted octanol–water partition coefficient (Wildman–Crippen LogP) is 1.69. The van der Waals surface area contributed by atoms with E-state index in [9.17, 15) is 9.59 Å². The minimum atomic E-state index is -0.0750. The van der Waals surface area contributed by atoms with Crippen molar-refractivity contribution in [2.45, 2.75) is 46.0 Å². The largest absolute Gasteiger partial charge is 0.330 e. The quantitative estimate of drug-likeness (QED) is 0.605. The smallest absolute Gasteiger partial charge is 0.133 e. The second kappa shape index (κ2) is 7.68. The van der Waals surface area contributed by atoms with Crippen molar-refractivity contribution in [2.75, 3.05) is 6.54 Å². The molecule has 82 valence electrons. The van der Waals surface area contributed by atoms with Crippen molar-refractivity contribution >= 4 is 11.6 Å². The number of carbonyl (C=O) groups is 2. The van der Waals surface area contributed by atoms with E-state index in [1.165, 1.54) is 0 Å². The number of carbonyl (C=O) groups excluding carboxylic acids is 2. The lowest BCUT2D eigenvalue weighted by Crippen LogP contribution is -2.16. The van der Waals surface area contributed by atoms with Gasteiger partial charge in [0.1, 0.15) is 11.6 Å². The third-order valence-corrected chi connectivity index (χ3v) is 2.45. The molecule has 0 aromatic heterocycles. The van der Waals surface area contributed by atoms with E-state index in [1.54, 1.807) is 6.92 Å². The van der Waals surface area contributed by atoms with Gasteiger partial charge in [-0.05, 0) is 26.3 Å². The first-order valence-corrected chi connectivity index (χ1v) is 5.34. The molecular weight excluding hydrogens is 178 g/mol. The standard InChI is InChI=1S/C11H21NO2/c1-3-11(14)8-10(9(2)13)6-4-5-7-12/h10H,3-8,12H2,1-2H3. The Hall–Kier alpha value is -0.700. The summed E-state index contributed by atoms with van der Waals surface area (Å²) in [5.41, 5.74) is 5.37. The van der Waals surface area contributed by atoms with Gasteiger partial charge in [0.05, 0.1) is 0 Å². The second-order valence-electron chi connectivity index (χ2n) is 3.69. The maximum absolute atomic E-state index is 11.2. The zero-order chi connectivity index (χ0) is 11.0. The van der Waals surface area contributed by atoms with E-state index in [4.69, 9.17) is 5.73 Å². The number of nitrogens with two attached hydrogens (primary N) is 1. The minimum absolute atomic E-state index is 0.0750. The lowest BCUT2D eigenvalue weighted by molar-refractivity contribution is -0.126. The molecule has 0 fully saturated rings. The molecule has 0 aromatic rings. The van der Waals surface area contributed by atoms with E-state index in [-0.39, 0.29) is 17.5 Å². The molecule has 0 aliphatic heterocycles. The molecule has 1 atom stereocenters. The first-order chi connectivity index (χ1) is 6.61. The van der Waals surface area contributed by atoms with Crippen molar-refractivity contribution in [1.82, 2.24) is 0 Å². The Morgan fingerprint density at radius 3 is 2.36 bits per heavy atom. The summed E-state index contributed by atoms with van der Waals surface area (Å²) in [4.78, 5) is 22.4. The molecule has 0 heterocycles. The van der Waals surface area contributed by atoms with Gasteiger partial charge in [-0.3, -0.25) is 9.59 Å². The van der Waals surface area contributed by atoms with E-state index in [1.807, 2.05) is 6.92 Å². The number of ketones is 2. The SMILES string of the molecule is CCC(=O)CC(CCCCN)C(C)=O. The van der Waals surface area contributed by atoms with Crippen LogP contribution in [0.15, 0.2) is 0 Å². The fourth-order valence-corrected chi connectivity index (χ4v) is 1.40. The Labute approximate surface area is 86.1 Å². The number of unbranched alkanes of at least 4 members (excludes halogenated alkanes) is 1. The normalized spacial score (nSPS) is 12.5. The Balaban J connectivity index is 3.90. The van der Waals surface area contributed by atoms with Crippen LogP contribution < -0.4 is 5.73 Å². The number of hydrogen-bond donors (Lipinski definition) is 1. The molecule has 2 N–H and O–H groups in total. The van der Waals surface area contributed by atoms with Crippen LogP contribution in [0, 0.1) is 5.92 Å². The van der Waals surface area contributed by atoms with E-state index in [2.05, 4.69) is 0 Å². The zero-order valence-electron chi connectivity index (χ0n) is 9.21. The molecule has 3 nitrogen and oxygen atoms in total. The highest BCUT2D eigenvalue weighted by molar-refractivity contribution is 5.86. The molecule has 1 unspecified atom stereocenters. The molecule has 14 heavy (non-hydrogen) atoms. The highest BCUT2D eigenvalue weighted by Gasteiger charge is 2.16. The fraction of sp³-hybridized carbons (Fsp3) is 0.818. The van der Waals surface area contributed by atoms with Crippen molar-refractivity contribution in [3.05, 3.63) is 0 Å². The lowest BCUT2D eigenvalue weighted by atomic mass is 9.92. The van der Waals surface area contributed by atoms with Crippen molar-refractivity contribution in [1.29, 1.82) is 0 Å². The average molecular weight is 199 g/mol. The van der Waals surface area contributed by atoms with Crippen LogP contribution >= 0.6 is 0 Å². The molecule has 0 saturated carbocycles. The summed E-state index contributed by atoms with van der Waals surface area (Å²) in [6.45, 7) is 4.06. The van der Waals surface area contributed by atoms with Crippen LogP contribution in [0.25, 0.3) is 0 Å². The Morgan fingerprint density at radius 2 is 1.93 bits per heavy atom. The lowest BCUT2D eigenvalue weighted by Gasteiger charge is -2.11. The molecule has 0 aliphatic carbocycles. The third-order valence-electron chi connectivity index (χ3n) is 2.45. The summed E-state index contributed by atoms with van der Waals surface area (Å²) in [7, 11) is 0. The van der Waals surface area contributed by atoms with E-state index >= 15 is 0 Å². The van der Waals surface area contributed by atoms with Gasteiger partial charge in [0.25, 0.3) is 0 Å². The highest BCUT2D eigenvalue weighted by atomic mass is 16.1. The maximum atomic E-state index is 11.2. The van der Waals surface area contributed by atoms with Gasteiger partial charge < -0.3 is 5.73 Å². The summed E-state index contributed by atoms with van der Waals surface area (Å²) in [6.07, 6.45) is 3.62. The van der Waals surface area contributed by atoms with Gasteiger partial charge in [0.15, 0.2) is 0 Å². The van der Waals surface area contributed by atoms with Gasteiger partial charge in [-0.2, -0.15) is 0 Å². The zero-order valence-corrected chi connectivity index (χ0v) is 9.21. The minimum Gasteiger partial charge on any atom is -0.330 e. The second-order valence-corrected chi connectivity index (χ2v) is 3.69. The number of hydrogen-bond acceptors (Lipinski definition) is 3. The molecule has 0 rings (SSSR count). The monoisotopic (exact) mass is 199 g/mol. The van der Waals surface area contributed by atoms with E-state index in [0.29, 0.717) is 19.4 Å². The summed E-state index contributed by atoms with van der Waals surface area (Å²) < 4.78 is 0. The van der Waals surface area contributed by atoms with Crippen molar-refractivity contribution in [2.24, 2.45) is 11.7 Å². The molecule has 0 bridgehead atoms. The van der Waals surface area contributed by atoms with Crippen LogP contribution in [0.3, 0.4) is 0 Å². The van der Waals surface area contributed by atoms with E-state index in [0.717, 1.165) is 19.3 Å². The summed E-state index contributed by atoms with van der Waals surface area (Å²) >= 11 is 0. The van der Waals surface area contributed by atoms with Gasteiger partial charge in [-0.25, -0.2) is 0 Å². The van der Waals surface area contributed by atoms with E-state index < -0.39 is 0 Å². The van der Waals surface area contributed by atoms with Crippen LogP contribution in [0.2, 0.25) is 0 Å². The average Bonchev–Trinajstić information content (AvgIpc) is 2.16. The van der Waals surface area contributed by atoms with Crippen molar-refractivity contribution in [3.8, 4) is 0 Å². The van der Waals surface area contributed by atoms with Crippen molar-refractivity contribution < 1.29 is 9.59 Å². The first kappa shape index (κ1) is 13.3. The molecule has 0 spiro atoms. The van der Waals surface area contributed by atoms with Crippen LogP contribution in [0.4, 0.5) is 0 Å².